The summed E-state index contributed by atoms with van der Waals surface area (Å²) < 4.78 is 10.3. The third kappa shape index (κ3) is 2.88. The summed E-state index contributed by atoms with van der Waals surface area (Å²) in [7, 11) is 1.48. The molecule has 2 N–H and O–H groups in total. The van der Waals surface area contributed by atoms with Crippen LogP contribution < -0.4 is 10.1 Å². The van der Waals surface area contributed by atoms with E-state index in [1.165, 1.54) is 13.2 Å². The second-order valence-corrected chi connectivity index (χ2v) is 5.15. The molecule has 1 fully saturated rings. The molecule has 0 aliphatic heterocycles. The highest BCUT2D eigenvalue weighted by atomic mass is 16.5. The number of ether oxygens (including phenoxy) is 2. The molecule has 1 aromatic rings. The van der Waals surface area contributed by atoms with E-state index in [9.17, 15) is 9.90 Å². The largest absolute Gasteiger partial charge is 0.504 e. The molecular weight excluding hydrogens is 258 g/mol. The molecule has 0 spiro atoms. The van der Waals surface area contributed by atoms with Crippen molar-refractivity contribution in [3.8, 4) is 11.5 Å². The fourth-order valence-electron chi connectivity index (χ4n) is 2.16. The average molecular weight is 279 g/mol. The van der Waals surface area contributed by atoms with Gasteiger partial charge in [0, 0.05) is 6.04 Å². The van der Waals surface area contributed by atoms with E-state index in [1.54, 1.807) is 26.0 Å². The predicted molar refractivity (Wildman–Crippen MR) is 74.8 cm³/mol. The van der Waals surface area contributed by atoms with Crippen LogP contribution in [0.15, 0.2) is 18.2 Å². The molecule has 1 aliphatic rings. The Morgan fingerprint density at radius 3 is 2.75 bits per heavy atom. The van der Waals surface area contributed by atoms with Gasteiger partial charge in [-0.05, 0) is 44.4 Å². The fourth-order valence-corrected chi connectivity index (χ4v) is 2.16. The molecule has 1 aliphatic carbocycles. The lowest BCUT2D eigenvalue weighted by molar-refractivity contribution is -0.151. The minimum absolute atomic E-state index is 0.0499. The molecule has 1 atom stereocenters. The van der Waals surface area contributed by atoms with E-state index in [1.807, 2.05) is 0 Å². The monoisotopic (exact) mass is 279 g/mol. The van der Waals surface area contributed by atoms with E-state index in [0.717, 1.165) is 18.4 Å². The Hall–Kier alpha value is -1.75. The molecule has 110 valence electrons. The molecular formula is C15H21NO4. The maximum atomic E-state index is 12.3. The normalized spacial score (nSPS) is 17.4. The molecule has 0 amide bonds. The van der Waals surface area contributed by atoms with Gasteiger partial charge in [0.05, 0.1) is 13.7 Å². The Kier molecular flexibility index (Phi) is 4.18. The molecule has 0 bridgehead atoms. The first-order valence-electron chi connectivity index (χ1n) is 6.83. The van der Waals surface area contributed by atoms with Crippen molar-refractivity contribution in [1.29, 1.82) is 0 Å². The molecule has 2 rings (SSSR count). The first kappa shape index (κ1) is 14.7. The summed E-state index contributed by atoms with van der Waals surface area (Å²) in [5, 5.41) is 13.0. The van der Waals surface area contributed by atoms with E-state index in [2.05, 4.69) is 5.32 Å². The van der Waals surface area contributed by atoms with Crippen molar-refractivity contribution in [3.63, 3.8) is 0 Å². The van der Waals surface area contributed by atoms with Gasteiger partial charge in [0.1, 0.15) is 5.54 Å². The number of hydrogen-bond acceptors (Lipinski definition) is 5. The summed E-state index contributed by atoms with van der Waals surface area (Å²) in [6.45, 7) is 3.91. The Labute approximate surface area is 118 Å². The minimum atomic E-state index is -0.932. The van der Waals surface area contributed by atoms with E-state index in [0.29, 0.717) is 18.4 Å². The van der Waals surface area contributed by atoms with Crippen molar-refractivity contribution in [2.45, 2.75) is 38.3 Å². The molecule has 1 unspecified atom stereocenters. The number of aromatic hydroxyl groups is 1. The lowest BCUT2D eigenvalue weighted by Crippen LogP contribution is -2.48. The summed E-state index contributed by atoms with van der Waals surface area (Å²) >= 11 is 0. The van der Waals surface area contributed by atoms with Crippen molar-refractivity contribution >= 4 is 5.97 Å². The second-order valence-electron chi connectivity index (χ2n) is 5.15. The number of carbonyl (C=O) groups is 1. The van der Waals surface area contributed by atoms with E-state index >= 15 is 0 Å². The van der Waals surface area contributed by atoms with E-state index in [4.69, 9.17) is 9.47 Å². The molecule has 1 saturated carbocycles. The summed E-state index contributed by atoms with van der Waals surface area (Å²) in [6, 6.07) is 5.25. The minimum Gasteiger partial charge on any atom is -0.504 e. The van der Waals surface area contributed by atoms with Crippen LogP contribution in [0, 0.1) is 0 Å². The van der Waals surface area contributed by atoms with Gasteiger partial charge in [-0.2, -0.15) is 0 Å². The summed E-state index contributed by atoms with van der Waals surface area (Å²) in [6.07, 6.45) is 2.12. The maximum absolute atomic E-state index is 12.3. The SMILES string of the molecule is CCOC(=O)C(C)(NC1CC1)c1ccc(O)c(OC)c1. The molecule has 0 heterocycles. The van der Waals surface area contributed by atoms with Gasteiger partial charge in [-0.3, -0.25) is 5.32 Å². The lowest BCUT2D eigenvalue weighted by Gasteiger charge is -2.29. The van der Waals surface area contributed by atoms with Crippen molar-refractivity contribution < 1.29 is 19.4 Å². The Bertz CT molecular complexity index is 499. The quantitative estimate of drug-likeness (QED) is 0.779. The third-order valence-corrected chi connectivity index (χ3v) is 3.51. The number of hydrogen-bond donors (Lipinski definition) is 2. The number of methoxy groups -OCH3 is 1. The predicted octanol–water partition coefficient (Wildman–Crippen LogP) is 1.93. The van der Waals surface area contributed by atoms with Crippen LogP contribution in [0.25, 0.3) is 0 Å². The van der Waals surface area contributed by atoms with E-state index in [-0.39, 0.29) is 11.7 Å². The topological polar surface area (TPSA) is 67.8 Å². The molecule has 0 radical (unpaired) electrons. The second kappa shape index (κ2) is 5.71. The van der Waals surface area contributed by atoms with Gasteiger partial charge in [-0.15, -0.1) is 0 Å². The Morgan fingerprint density at radius 1 is 1.50 bits per heavy atom. The van der Waals surface area contributed by atoms with Crippen LogP contribution in [0.5, 0.6) is 11.5 Å². The third-order valence-electron chi connectivity index (χ3n) is 3.51. The van der Waals surface area contributed by atoms with Crippen molar-refractivity contribution in [2.24, 2.45) is 0 Å². The molecule has 5 heteroatoms. The van der Waals surface area contributed by atoms with Crippen LogP contribution in [-0.2, 0) is 15.1 Å². The van der Waals surface area contributed by atoms with Gasteiger partial charge in [-0.25, -0.2) is 4.79 Å². The first-order chi connectivity index (χ1) is 9.51. The zero-order chi connectivity index (χ0) is 14.8. The number of nitrogens with one attached hydrogen (secondary N) is 1. The molecule has 20 heavy (non-hydrogen) atoms. The maximum Gasteiger partial charge on any atom is 0.330 e. The number of phenolic OH excluding ortho intramolecular Hbond substituents is 1. The number of carbonyl (C=O) groups excluding carboxylic acids is 1. The number of esters is 1. The standard InChI is InChI=1S/C15H21NO4/c1-4-20-14(18)15(2,16-11-6-7-11)10-5-8-12(17)13(9-10)19-3/h5,8-9,11,16-17H,4,6-7H2,1-3H3. The van der Waals surface area contributed by atoms with Gasteiger partial charge >= 0.3 is 5.97 Å². The van der Waals surface area contributed by atoms with Crippen molar-refractivity contribution in [2.75, 3.05) is 13.7 Å². The summed E-state index contributed by atoms with van der Waals surface area (Å²) in [5.74, 6) is 0.0733. The average Bonchev–Trinajstić information content (AvgIpc) is 3.23. The van der Waals surface area contributed by atoms with Gasteiger partial charge in [0.25, 0.3) is 0 Å². The Morgan fingerprint density at radius 2 is 2.20 bits per heavy atom. The Balaban J connectivity index is 2.36. The lowest BCUT2D eigenvalue weighted by atomic mass is 9.91. The molecule has 0 aromatic heterocycles. The summed E-state index contributed by atoms with van der Waals surface area (Å²) in [5.41, 5.74) is -0.212. The molecule has 5 nitrogen and oxygen atoms in total. The van der Waals surface area contributed by atoms with Crippen LogP contribution in [0.3, 0.4) is 0 Å². The van der Waals surface area contributed by atoms with Crippen LogP contribution in [0.2, 0.25) is 0 Å². The van der Waals surface area contributed by atoms with Crippen LogP contribution in [0.1, 0.15) is 32.3 Å². The summed E-state index contributed by atoms with van der Waals surface area (Å²) in [4.78, 5) is 12.3. The highest BCUT2D eigenvalue weighted by Crippen LogP contribution is 2.34. The van der Waals surface area contributed by atoms with E-state index < -0.39 is 5.54 Å². The highest BCUT2D eigenvalue weighted by molar-refractivity contribution is 5.82. The van der Waals surface area contributed by atoms with Gasteiger partial charge < -0.3 is 14.6 Å². The zero-order valence-corrected chi connectivity index (χ0v) is 12.1. The van der Waals surface area contributed by atoms with Gasteiger partial charge in [0.15, 0.2) is 11.5 Å². The number of benzene rings is 1. The van der Waals surface area contributed by atoms with Crippen LogP contribution in [-0.4, -0.2) is 30.8 Å². The highest BCUT2D eigenvalue weighted by Gasteiger charge is 2.41. The van der Waals surface area contributed by atoms with Gasteiger partial charge in [-0.1, -0.05) is 6.07 Å². The fraction of sp³-hybridized carbons (Fsp3) is 0.533. The smallest absolute Gasteiger partial charge is 0.330 e. The first-order valence-corrected chi connectivity index (χ1v) is 6.83. The number of phenols is 1. The zero-order valence-electron chi connectivity index (χ0n) is 12.1. The van der Waals surface area contributed by atoms with Crippen LogP contribution in [0.4, 0.5) is 0 Å². The van der Waals surface area contributed by atoms with Gasteiger partial charge in [0.2, 0.25) is 0 Å². The molecule has 1 aromatic carbocycles. The van der Waals surface area contributed by atoms with Crippen molar-refractivity contribution in [3.05, 3.63) is 23.8 Å². The van der Waals surface area contributed by atoms with Crippen LogP contribution >= 0.6 is 0 Å². The number of rotatable bonds is 6. The van der Waals surface area contributed by atoms with Crippen molar-refractivity contribution in [1.82, 2.24) is 5.32 Å². The molecule has 0 saturated heterocycles.